The molecule has 0 bridgehead atoms. The van der Waals surface area contributed by atoms with Crippen LogP contribution >= 0.6 is 0 Å². The Labute approximate surface area is 399 Å². The first-order valence-corrected chi connectivity index (χ1v) is 29.0. The van der Waals surface area contributed by atoms with Gasteiger partial charge in [-0.3, -0.25) is 14.4 Å². The van der Waals surface area contributed by atoms with Crippen molar-refractivity contribution < 1.29 is 28.6 Å². The Morgan fingerprint density at radius 2 is 0.422 bits per heavy atom. The molecule has 0 aromatic carbocycles. The number of hydrogen-bond donors (Lipinski definition) is 0. The average Bonchev–Trinajstić information content (AvgIpc) is 3.29. The first-order valence-electron chi connectivity index (χ1n) is 29.0. The van der Waals surface area contributed by atoms with Crippen molar-refractivity contribution >= 4 is 17.9 Å². The molecule has 0 aromatic heterocycles. The molecule has 0 amide bonds. The lowest BCUT2D eigenvalue weighted by atomic mass is 10.0. The maximum atomic E-state index is 12.8. The topological polar surface area (TPSA) is 78.9 Å². The summed E-state index contributed by atoms with van der Waals surface area (Å²) in [6, 6.07) is 0. The Morgan fingerprint density at radius 1 is 0.250 bits per heavy atom. The zero-order valence-electron chi connectivity index (χ0n) is 43.6. The molecular formula is C58H112O6. The van der Waals surface area contributed by atoms with Crippen LogP contribution in [-0.2, 0) is 28.6 Å². The molecule has 0 radical (unpaired) electrons. The van der Waals surface area contributed by atoms with E-state index in [2.05, 4.69) is 20.8 Å². The van der Waals surface area contributed by atoms with Crippen LogP contribution < -0.4 is 0 Å². The summed E-state index contributed by atoms with van der Waals surface area (Å²) in [7, 11) is 0. The molecule has 0 aliphatic carbocycles. The molecule has 380 valence electrons. The second-order valence-corrected chi connectivity index (χ2v) is 19.9. The molecule has 64 heavy (non-hydrogen) atoms. The van der Waals surface area contributed by atoms with E-state index in [0.29, 0.717) is 19.3 Å². The number of esters is 3. The Bertz CT molecular complexity index is 951. The summed E-state index contributed by atoms with van der Waals surface area (Å²) in [5, 5.41) is 0. The molecule has 0 saturated carbocycles. The SMILES string of the molecule is CCCCCCCCCCCCCCCCCCC(=O)OC[C@@H](COC(=O)CCCCCCCCCCCCCCCCC)OC(=O)CCCCCCCCCCCCCCCCC. The van der Waals surface area contributed by atoms with E-state index in [1.54, 1.807) is 0 Å². The highest BCUT2D eigenvalue weighted by Gasteiger charge is 2.19. The van der Waals surface area contributed by atoms with Gasteiger partial charge < -0.3 is 14.2 Å². The van der Waals surface area contributed by atoms with Crippen molar-refractivity contribution in [3.63, 3.8) is 0 Å². The second kappa shape index (κ2) is 54.0. The molecule has 0 aromatic rings. The lowest BCUT2D eigenvalue weighted by Gasteiger charge is -2.18. The van der Waals surface area contributed by atoms with E-state index in [-0.39, 0.29) is 31.1 Å². The maximum absolute atomic E-state index is 12.8. The summed E-state index contributed by atoms with van der Waals surface area (Å²) in [5.74, 6) is -0.831. The predicted octanol–water partition coefficient (Wildman–Crippen LogP) is 19.2. The zero-order chi connectivity index (χ0) is 46.5. The Morgan fingerprint density at radius 3 is 0.625 bits per heavy atom. The Balaban J connectivity index is 4.29. The largest absolute Gasteiger partial charge is 0.462 e. The minimum atomic E-state index is -0.761. The average molecular weight is 906 g/mol. The minimum absolute atomic E-state index is 0.0610. The summed E-state index contributed by atoms with van der Waals surface area (Å²) < 4.78 is 16.9. The van der Waals surface area contributed by atoms with E-state index in [1.807, 2.05) is 0 Å². The fraction of sp³-hybridized carbons (Fsp3) is 0.948. The highest BCUT2D eigenvalue weighted by atomic mass is 16.6. The van der Waals surface area contributed by atoms with Gasteiger partial charge in [0.2, 0.25) is 0 Å². The summed E-state index contributed by atoms with van der Waals surface area (Å²) in [6.45, 7) is 6.71. The zero-order valence-corrected chi connectivity index (χ0v) is 43.6. The molecule has 0 unspecified atom stereocenters. The summed E-state index contributed by atoms with van der Waals surface area (Å²) in [5.41, 5.74) is 0. The smallest absolute Gasteiger partial charge is 0.306 e. The second-order valence-electron chi connectivity index (χ2n) is 19.9. The molecule has 1 atom stereocenters. The number of ether oxygens (including phenoxy) is 3. The van der Waals surface area contributed by atoms with E-state index in [4.69, 9.17) is 14.2 Å². The third-order valence-electron chi connectivity index (χ3n) is 13.4. The molecular weight excluding hydrogens is 793 g/mol. The van der Waals surface area contributed by atoms with E-state index < -0.39 is 6.10 Å². The van der Waals surface area contributed by atoms with Crippen LogP contribution in [0, 0.1) is 0 Å². The highest BCUT2D eigenvalue weighted by Crippen LogP contribution is 2.18. The van der Waals surface area contributed by atoms with Gasteiger partial charge in [0.25, 0.3) is 0 Å². The third-order valence-corrected chi connectivity index (χ3v) is 13.4. The molecule has 0 rings (SSSR count). The number of carbonyl (C=O) groups excluding carboxylic acids is 3. The van der Waals surface area contributed by atoms with Gasteiger partial charge in [0.1, 0.15) is 13.2 Å². The van der Waals surface area contributed by atoms with Crippen LogP contribution in [0.5, 0.6) is 0 Å². The highest BCUT2D eigenvalue weighted by molar-refractivity contribution is 5.71. The van der Waals surface area contributed by atoms with Crippen LogP contribution in [0.3, 0.4) is 0 Å². The van der Waals surface area contributed by atoms with E-state index >= 15 is 0 Å². The monoisotopic (exact) mass is 905 g/mol. The maximum Gasteiger partial charge on any atom is 0.306 e. The third kappa shape index (κ3) is 51.4. The van der Waals surface area contributed by atoms with Gasteiger partial charge in [0.05, 0.1) is 0 Å². The molecule has 0 aliphatic rings. The summed E-state index contributed by atoms with van der Waals surface area (Å²) in [6.07, 6.45) is 59.4. The number of unbranched alkanes of at least 4 members (excludes halogenated alkanes) is 43. The molecule has 0 saturated heterocycles. The van der Waals surface area contributed by atoms with Crippen molar-refractivity contribution in [2.75, 3.05) is 13.2 Å². The fourth-order valence-electron chi connectivity index (χ4n) is 8.98. The fourth-order valence-corrected chi connectivity index (χ4v) is 8.98. The van der Waals surface area contributed by atoms with Crippen molar-refractivity contribution in [1.29, 1.82) is 0 Å². The van der Waals surface area contributed by atoms with E-state index in [9.17, 15) is 14.4 Å². The van der Waals surface area contributed by atoms with Crippen molar-refractivity contribution in [3.8, 4) is 0 Å². The first kappa shape index (κ1) is 62.4. The lowest BCUT2D eigenvalue weighted by Crippen LogP contribution is -2.30. The van der Waals surface area contributed by atoms with Crippen LogP contribution in [0.2, 0.25) is 0 Å². The van der Waals surface area contributed by atoms with Crippen molar-refractivity contribution in [1.82, 2.24) is 0 Å². The van der Waals surface area contributed by atoms with E-state index in [1.165, 1.54) is 238 Å². The molecule has 0 aliphatic heterocycles. The minimum Gasteiger partial charge on any atom is -0.462 e. The summed E-state index contributed by atoms with van der Waals surface area (Å²) >= 11 is 0. The van der Waals surface area contributed by atoms with Gasteiger partial charge in [-0.1, -0.05) is 297 Å². The molecule has 6 nitrogen and oxygen atoms in total. The van der Waals surface area contributed by atoms with Crippen molar-refractivity contribution in [2.24, 2.45) is 0 Å². The molecule has 0 spiro atoms. The van der Waals surface area contributed by atoms with Crippen LogP contribution in [-0.4, -0.2) is 37.2 Å². The molecule has 0 fully saturated rings. The van der Waals surface area contributed by atoms with Crippen LogP contribution in [0.1, 0.15) is 335 Å². The van der Waals surface area contributed by atoms with Crippen molar-refractivity contribution in [3.05, 3.63) is 0 Å². The Hall–Kier alpha value is -1.59. The normalized spacial score (nSPS) is 11.9. The van der Waals surface area contributed by atoms with Gasteiger partial charge in [-0.15, -0.1) is 0 Å². The quantitative estimate of drug-likeness (QED) is 0.0344. The standard InChI is InChI=1S/C58H112O6/c1-4-7-10-13-16-19-22-25-28-31-33-36-39-42-45-48-51-57(60)63-54-55(64-58(61)52-49-46-43-40-37-34-30-27-24-21-18-15-12-9-6-3)53-62-56(59)50-47-44-41-38-35-32-29-26-23-20-17-14-11-8-5-2/h55H,4-54H2,1-3H3/t55-/m1/s1. The van der Waals surface area contributed by atoms with Crippen molar-refractivity contribution in [2.45, 2.75) is 341 Å². The van der Waals surface area contributed by atoms with Gasteiger partial charge in [0.15, 0.2) is 6.10 Å². The van der Waals surface area contributed by atoms with E-state index in [0.717, 1.165) is 57.8 Å². The van der Waals surface area contributed by atoms with Gasteiger partial charge in [-0.05, 0) is 19.3 Å². The van der Waals surface area contributed by atoms with Crippen LogP contribution in [0.4, 0.5) is 0 Å². The van der Waals surface area contributed by atoms with Gasteiger partial charge >= 0.3 is 17.9 Å². The van der Waals surface area contributed by atoms with Gasteiger partial charge in [0, 0.05) is 19.3 Å². The lowest BCUT2D eigenvalue weighted by molar-refractivity contribution is -0.167. The van der Waals surface area contributed by atoms with Gasteiger partial charge in [-0.2, -0.15) is 0 Å². The molecule has 6 heteroatoms. The van der Waals surface area contributed by atoms with Gasteiger partial charge in [-0.25, -0.2) is 0 Å². The molecule has 0 heterocycles. The number of carbonyl (C=O) groups is 3. The molecule has 0 N–H and O–H groups in total. The number of hydrogen-bond acceptors (Lipinski definition) is 6. The number of rotatable bonds is 54. The summed E-state index contributed by atoms with van der Waals surface area (Å²) in [4.78, 5) is 38.1. The first-order chi connectivity index (χ1) is 31.5. The van der Waals surface area contributed by atoms with Crippen LogP contribution in [0.15, 0.2) is 0 Å². The predicted molar refractivity (Wildman–Crippen MR) is 275 cm³/mol. The Kier molecular flexibility index (Phi) is 52.7. The van der Waals surface area contributed by atoms with Crippen LogP contribution in [0.25, 0.3) is 0 Å².